The van der Waals surface area contributed by atoms with Gasteiger partial charge < -0.3 is 0 Å². The van der Waals surface area contributed by atoms with Gasteiger partial charge in [-0.25, -0.2) is 0 Å². The van der Waals surface area contributed by atoms with E-state index < -0.39 is 0 Å². The van der Waals surface area contributed by atoms with Crippen LogP contribution in [-0.2, 0) is 11.2 Å². The molecule has 0 radical (unpaired) electrons. The van der Waals surface area contributed by atoms with Crippen molar-refractivity contribution in [3.05, 3.63) is 35.9 Å². The molecule has 1 aliphatic heterocycles. The number of likely N-dealkylation sites (N-methyl/N-ethyl adjacent to an activating group) is 1. The highest BCUT2D eigenvalue weighted by atomic mass is 16.1. The van der Waals surface area contributed by atoms with Gasteiger partial charge in [0, 0.05) is 31.6 Å². The van der Waals surface area contributed by atoms with Gasteiger partial charge in [-0.1, -0.05) is 30.3 Å². The number of rotatable bonds is 4. The van der Waals surface area contributed by atoms with E-state index in [0.29, 0.717) is 18.7 Å². The van der Waals surface area contributed by atoms with Gasteiger partial charge in [0.25, 0.3) is 0 Å². The molecule has 0 unspecified atom stereocenters. The average Bonchev–Trinajstić information content (AvgIpc) is 2.34. The van der Waals surface area contributed by atoms with Gasteiger partial charge in [0.1, 0.15) is 0 Å². The summed E-state index contributed by atoms with van der Waals surface area (Å²) in [6.45, 7) is 8.03. The zero-order valence-electron chi connectivity index (χ0n) is 12.2. The third kappa shape index (κ3) is 3.88. The Morgan fingerprint density at radius 3 is 2.53 bits per heavy atom. The fraction of sp³-hybridized carbons (Fsp3) is 0.562. The number of carbonyl (C=O) groups excluding carboxylic acids is 1. The summed E-state index contributed by atoms with van der Waals surface area (Å²) < 4.78 is 0. The van der Waals surface area contributed by atoms with Crippen LogP contribution < -0.4 is 0 Å². The first-order valence-electron chi connectivity index (χ1n) is 6.96. The molecule has 1 aliphatic rings. The Morgan fingerprint density at radius 2 is 1.89 bits per heavy atom. The Morgan fingerprint density at radius 1 is 1.21 bits per heavy atom. The quantitative estimate of drug-likeness (QED) is 0.825. The van der Waals surface area contributed by atoms with Crippen molar-refractivity contribution in [3.8, 4) is 0 Å². The van der Waals surface area contributed by atoms with Gasteiger partial charge in [0.2, 0.25) is 0 Å². The standard InChI is InChI=1S/C16H24N2O/c1-16(2)13-18(10-9-17(16)3)12-15(19)11-14-7-5-4-6-8-14/h4-8H,9-13H2,1-3H3. The molecule has 2 rings (SSSR count). The highest BCUT2D eigenvalue weighted by molar-refractivity contribution is 5.82. The second-order valence-corrected chi connectivity index (χ2v) is 6.15. The Balaban J connectivity index is 1.86. The van der Waals surface area contributed by atoms with Crippen LogP contribution in [0.2, 0.25) is 0 Å². The lowest BCUT2D eigenvalue weighted by Crippen LogP contribution is -2.58. The smallest absolute Gasteiger partial charge is 0.151 e. The van der Waals surface area contributed by atoms with Crippen LogP contribution in [0, 0.1) is 0 Å². The molecule has 0 spiro atoms. The van der Waals surface area contributed by atoms with Gasteiger partial charge in [0.05, 0.1) is 6.54 Å². The largest absolute Gasteiger partial charge is 0.299 e. The van der Waals surface area contributed by atoms with Crippen molar-refractivity contribution in [2.45, 2.75) is 25.8 Å². The summed E-state index contributed by atoms with van der Waals surface area (Å²) in [6, 6.07) is 10.00. The van der Waals surface area contributed by atoms with Crippen molar-refractivity contribution in [2.75, 3.05) is 33.2 Å². The molecule has 3 nitrogen and oxygen atoms in total. The predicted molar refractivity (Wildman–Crippen MR) is 78.3 cm³/mol. The lowest BCUT2D eigenvalue weighted by atomic mass is 9.99. The predicted octanol–water partition coefficient (Wildman–Crippen LogP) is 1.82. The minimum atomic E-state index is 0.158. The van der Waals surface area contributed by atoms with Crippen LogP contribution in [0.5, 0.6) is 0 Å². The lowest BCUT2D eigenvalue weighted by molar-refractivity contribution is -0.120. The number of Topliss-reactive ketones (excluding diaryl/α,β-unsaturated/α-hetero) is 1. The molecule has 19 heavy (non-hydrogen) atoms. The van der Waals surface area contributed by atoms with E-state index in [9.17, 15) is 4.79 Å². The van der Waals surface area contributed by atoms with Crippen LogP contribution in [0.15, 0.2) is 30.3 Å². The first-order valence-corrected chi connectivity index (χ1v) is 6.96. The number of nitrogens with zero attached hydrogens (tertiary/aromatic N) is 2. The Hall–Kier alpha value is -1.19. The number of carbonyl (C=O) groups is 1. The van der Waals surface area contributed by atoms with Crippen molar-refractivity contribution in [1.82, 2.24) is 9.80 Å². The van der Waals surface area contributed by atoms with Crippen LogP contribution in [0.1, 0.15) is 19.4 Å². The molecule has 0 amide bonds. The van der Waals surface area contributed by atoms with E-state index in [1.165, 1.54) is 0 Å². The molecular weight excluding hydrogens is 236 g/mol. The summed E-state index contributed by atoms with van der Waals surface area (Å²) in [7, 11) is 2.16. The Bertz CT molecular complexity index is 428. The zero-order chi connectivity index (χ0) is 13.9. The van der Waals surface area contributed by atoms with E-state index in [1.54, 1.807) is 0 Å². The number of hydrogen-bond acceptors (Lipinski definition) is 3. The van der Waals surface area contributed by atoms with Gasteiger partial charge in [-0.3, -0.25) is 14.6 Å². The van der Waals surface area contributed by atoms with Crippen molar-refractivity contribution >= 4 is 5.78 Å². The molecule has 0 bridgehead atoms. The summed E-state index contributed by atoms with van der Waals surface area (Å²) in [5.74, 6) is 0.312. The minimum Gasteiger partial charge on any atom is -0.299 e. The third-order valence-corrected chi connectivity index (χ3v) is 4.04. The summed E-state index contributed by atoms with van der Waals surface area (Å²) >= 11 is 0. The molecule has 3 heteroatoms. The molecule has 104 valence electrons. The maximum Gasteiger partial charge on any atom is 0.151 e. The van der Waals surface area contributed by atoms with Crippen LogP contribution in [0.25, 0.3) is 0 Å². The van der Waals surface area contributed by atoms with E-state index in [0.717, 1.165) is 25.2 Å². The summed E-state index contributed by atoms with van der Waals surface area (Å²) in [6.07, 6.45) is 0.549. The first-order chi connectivity index (χ1) is 8.97. The Kier molecular flexibility index (Phi) is 4.38. The summed E-state index contributed by atoms with van der Waals surface area (Å²) in [5.41, 5.74) is 1.27. The fourth-order valence-electron chi connectivity index (χ4n) is 2.60. The molecule has 0 saturated carbocycles. The van der Waals surface area contributed by atoms with E-state index >= 15 is 0 Å². The van der Waals surface area contributed by atoms with Gasteiger partial charge >= 0.3 is 0 Å². The molecule has 1 saturated heterocycles. The van der Waals surface area contributed by atoms with Crippen LogP contribution in [0.4, 0.5) is 0 Å². The third-order valence-electron chi connectivity index (χ3n) is 4.04. The van der Waals surface area contributed by atoms with Gasteiger partial charge in [-0.2, -0.15) is 0 Å². The van der Waals surface area contributed by atoms with Crippen molar-refractivity contribution in [3.63, 3.8) is 0 Å². The SMILES string of the molecule is CN1CCN(CC(=O)Cc2ccccc2)CC1(C)C. The topological polar surface area (TPSA) is 23.6 Å². The maximum atomic E-state index is 12.1. The molecular formula is C16H24N2O. The molecule has 0 aromatic heterocycles. The van der Waals surface area contributed by atoms with E-state index in [2.05, 4.69) is 30.7 Å². The van der Waals surface area contributed by atoms with Gasteiger partial charge in [-0.05, 0) is 26.5 Å². The van der Waals surface area contributed by atoms with E-state index in [1.807, 2.05) is 30.3 Å². The first kappa shape index (κ1) is 14.2. The highest BCUT2D eigenvalue weighted by Crippen LogP contribution is 2.18. The summed E-state index contributed by atoms with van der Waals surface area (Å²) in [4.78, 5) is 16.8. The molecule has 1 fully saturated rings. The zero-order valence-corrected chi connectivity index (χ0v) is 12.2. The van der Waals surface area contributed by atoms with Gasteiger partial charge in [-0.15, -0.1) is 0 Å². The second-order valence-electron chi connectivity index (χ2n) is 6.15. The normalized spacial score (nSPS) is 20.4. The average molecular weight is 260 g/mol. The van der Waals surface area contributed by atoms with E-state index in [-0.39, 0.29) is 5.54 Å². The molecule has 1 heterocycles. The molecule has 1 aromatic rings. The number of piperazine rings is 1. The number of benzene rings is 1. The van der Waals surface area contributed by atoms with E-state index in [4.69, 9.17) is 0 Å². The number of hydrogen-bond donors (Lipinski definition) is 0. The minimum absolute atomic E-state index is 0.158. The van der Waals surface area contributed by atoms with Crippen LogP contribution in [0.3, 0.4) is 0 Å². The molecule has 0 aliphatic carbocycles. The molecule has 0 N–H and O–H groups in total. The fourth-order valence-corrected chi connectivity index (χ4v) is 2.60. The van der Waals surface area contributed by atoms with Crippen LogP contribution in [-0.4, -0.2) is 54.3 Å². The van der Waals surface area contributed by atoms with Gasteiger partial charge in [0.15, 0.2) is 5.78 Å². The van der Waals surface area contributed by atoms with Crippen LogP contribution >= 0.6 is 0 Å². The Labute approximate surface area is 116 Å². The number of ketones is 1. The van der Waals surface area contributed by atoms with Crippen molar-refractivity contribution < 1.29 is 4.79 Å². The summed E-state index contributed by atoms with van der Waals surface area (Å²) in [5, 5.41) is 0. The molecule has 0 atom stereocenters. The van der Waals surface area contributed by atoms with Crippen molar-refractivity contribution in [1.29, 1.82) is 0 Å². The molecule has 1 aromatic carbocycles. The maximum absolute atomic E-state index is 12.1. The van der Waals surface area contributed by atoms with Crippen molar-refractivity contribution in [2.24, 2.45) is 0 Å². The lowest BCUT2D eigenvalue weighted by Gasteiger charge is -2.45. The second kappa shape index (κ2) is 5.85. The monoisotopic (exact) mass is 260 g/mol. The highest BCUT2D eigenvalue weighted by Gasteiger charge is 2.31.